The van der Waals surface area contributed by atoms with E-state index in [9.17, 15) is 5.11 Å². The van der Waals surface area contributed by atoms with Crippen molar-refractivity contribution in [2.45, 2.75) is 43.2 Å². The van der Waals surface area contributed by atoms with E-state index in [1.54, 1.807) is 0 Å². The van der Waals surface area contributed by atoms with Crippen LogP contribution in [0.25, 0.3) is 0 Å². The molecule has 0 aromatic heterocycles. The molecule has 70 valence electrons. The zero-order valence-electron chi connectivity index (χ0n) is 7.17. The molecule has 3 heteroatoms. The first kappa shape index (κ1) is 8.79. The smallest absolute Gasteiger partial charge is 0.0697 e. The van der Waals surface area contributed by atoms with Crippen LogP contribution in [0.4, 0.5) is 0 Å². The van der Waals surface area contributed by atoms with Gasteiger partial charge >= 0.3 is 0 Å². The van der Waals surface area contributed by atoms with Crippen molar-refractivity contribution in [3.05, 3.63) is 0 Å². The van der Waals surface area contributed by atoms with Crippen molar-refractivity contribution in [1.29, 1.82) is 0 Å². The first-order chi connectivity index (χ1) is 5.79. The Morgan fingerprint density at radius 1 is 1.25 bits per heavy atom. The van der Waals surface area contributed by atoms with Gasteiger partial charge < -0.3 is 10.4 Å². The van der Waals surface area contributed by atoms with Crippen LogP contribution in [0.2, 0.25) is 0 Å². The van der Waals surface area contributed by atoms with E-state index >= 15 is 0 Å². The predicted molar refractivity (Wildman–Crippen MR) is 49.4 cm³/mol. The SMILES string of the molecule is OC1CCC(Cl)C2CCCNC12. The van der Waals surface area contributed by atoms with Crippen molar-refractivity contribution >= 4 is 11.6 Å². The molecule has 2 fully saturated rings. The molecule has 4 atom stereocenters. The van der Waals surface area contributed by atoms with Crippen LogP contribution in [-0.2, 0) is 0 Å². The fourth-order valence-electron chi connectivity index (χ4n) is 2.49. The summed E-state index contributed by atoms with van der Waals surface area (Å²) in [5, 5.41) is 13.4. The maximum Gasteiger partial charge on any atom is 0.0697 e. The molecule has 1 saturated carbocycles. The van der Waals surface area contributed by atoms with Gasteiger partial charge in [-0.2, -0.15) is 0 Å². The van der Waals surface area contributed by atoms with Crippen molar-refractivity contribution in [1.82, 2.24) is 5.32 Å². The number of nitrogens with one attached hydrogen (secondary N) is 1. The molecule has 2 nitrogen and oxygen atoms in total. The summed E-state index contributed by atoms with van der Waals surface area (Å²) in [6.07, 6.45) is 4.07. The van der Waals surface area contributed by atoms with Gasteiger partial charge in [-0.15, -0.1) is 11.6 Å². The van der Waals surface area contributed by atoms with Gasteiger partial charge in [0.2, 0.25) is 0 Å². The standard InChI is InChI=1S/C9H16ClNO/c10-7-3-4-8(12)9-6(7)2-1-5-11-9/h6-9,11-12H,1-5H2. The maximum absolute atomic E-state index is 9.70. The molecule has 1 heterocycles. The minimum Gasteiger partial charge on any atom is -0.391 e. The van der Waals surface area contributed by atoms with Crippen LogP contribution in [0.1, 0.15) is 25.7 Å². The highest BCUT2D eigenvalue weighted by Crippen LogP contribution is 2.34. The quantitative estimate of drug-likeness (QED) is 0.560. The lowest BCUT2D eigenvalue weighted by Crippen LogP contribution is -2.54. The topological polar surface area (TPSA) is 32.3 Å². The van der Waals surface area contributed by atoms with Gasteiger partial charge in [-0.25, -0.2) is 0 Å². The van der Waals surface area contributed by atoms with Gasteiger partial charge in [0.1, 0.15) is 0 Å². The highest BCUT2D eigenvalue weighted by molar-refractivity contribution is 6.20. The second-order valence-corrected chi connectivity index (χ2v) is 4.51. The number of aliphatic hydroxyl groups is 1. The minimum absolute atomic E-state index is 0.162. The molecular formula is C9H16ClNO. The van der Waals surface area contributed by atoms with E-state index in [0.29, 0.717) is 5.92 Å². The van der Waals surface area contributed by atoms with E-state index in [1.165, 1.54) is 12.8 Å². The molecule has 4 unspecified atom stereocenters. The molecule has 2 rings (SSSR count). The van der Waals surface area contributed by atoms with Crippen molar-refractivity contribution < 1.29 is 5.11 Å². The van der Waals surface area contributed by atoms with Crippen molar-refractivity contribution in [3.63, 3.8) is 0 Å². The Bertz CT molecular complexity index is 147. The minimum atomic E-state index is -0.162. The molecule has 2 N–H and O–H groups in total. The van der Waals surface area contributed by atoms with Crippen LogP contribution < -0.4 is 5.32 Å². The van der Waals surface area contributed by atoms with Gasteiger partial charge in [-0.3, -0.25) is 0 Å². The van der Waals surface area contributed by atoms with Crippen molar-refractivity contribution in [2.75, 3.05) is 6.54 Å². The Kier molecular flexibility index (Phi) is 2.58. The number of hydrogen-bond donors (Lipinski definition) is 2. The van der Waals surface area contributed by atoms with E-state index in [2.05, 4.69) is 5.32 Å². The summed E-state index contributed by atoms with van der Waals surface area (Å²) >= 11 is 6.20. The van der Waals surface area contributed by atoms with Gasteiger partial charge in [0.15, 0.2) is 0 Å². The van der Waals surface area contributed by atoms with Crippen LogP contribution >= 0.6 is 11.6 Å². The highest BCUT2D eigenvalue weighted by Gasteiger charge is 2.38. The Hall–Kier alpha value is 0.210. The van der Waals surface area contributed by atoms with E-state index < -0.39 is 0 Å². The van der Waals surface area contributed by atoms with Gasteiger partial charge in [-0.1, -0.05) is 0 Å². The molecule has 0 bridgehead atoms. The average Bonchev–Trinajstić information content (AvgIpc) is 2.12. The fraction of sp³-hybridized carbons (Fsp3) is 1.00. The summed E-state index contributed by atoms with van der Waals surface area (Å²) < 4.78 is 0. The molecular weight excluding hydrogens is 174 g/mol. The molecule has 0 radical (unpaired) electrons. The molecule has 1 aliphatic heterocycles. The highest BCUT2D eigenvalue weighted by atomic mass is 35.5. The summed E-state index contributed by atoms with van der Waals surface area (Å²) in [7, 11) is 0. The van der Waals surface area contributed by atoms with Crippen molar-refractivity contribution in [2.24, 2.45) is 5.92 Å². The number of rotatable bonds is 0. The summed E-state index contributed by atoms with van der Waals surface area (Å²) in [5.74, 6) is 0.504. The van der Waals surface area contributed by atoms with E-state index in [0.717, 1.165) is 19.4 Å². The number of fused-ring (bicyclic) bond motifs is 1. The number of piperidine rings is 1. The zero-order chi connectivity index (χ0) is 8.55. The second kappa shape index (κ2) is 3.52. The van der Waals surface area contributed by atoms with Gasteiger partial charge in [0, 0.05) is 11.4 Å². The normalized spacial score (nSPS) is 48.5. The lowest BCUT2D eigenvalue weighted by atomic mass is 9.77. The molecule has 0 aromatic rings. The second-order valence-electron chi connectivity index (χ2n) is 3.95. The van der Waals surface area contributed by atoms with Crippen molar-refractivity contribution in [3.8, 4) is 0 Å². The van der Waals surface area contributed by atoms with Crippen LogP contribution in [0.3, 0.4) is 0 Å². The van der Waals surface area contributed by atoms with Crippen LogP contribution in [-0.4, -0.2) is 29.2 Å². The summed E-state index contributed by atoms with van der Waals surface area (Å²) in [6.45, 7) is 1.04. The summed E-state index contributed by atoms with van der Waals surface area (Å²) in [6, 6.07) is 0.273. The molecule has 1 aliphatic carbocycles. The number of hydrogen-bond acceptors (Lipinski definition) is 2. The number of aliphatic hydroxyl groups excluding tert-OH is 1. The van der Waals surface area contributed by atoms with Crippen LogP contribution in [0, 0.1) is 5.92 Å². The third kappa shape index (κ3) is 1.48. The van der Waals surface area contributed by atoms with E-state index in [4.69, 9.17) is 11.6 Å². The first-order valence-electron chi connectivity index (χ1n) is 4.84. The van der Waals surface area contributed by atoms with Gasteiger partial charge in [0.05, 0.1) is 6.10 Å². The molecule has 0 aromatic carbocycles. The lowest BCUT2D eigenvalue weighted by Gasteiger charge is -2.42. The average molecular weight is 190 g/mol. The fourth-order valence-corrected chi connectivity index (χ4v) is 2.90. The Labute approximate surface area is 78.3 Å². The Balaban J connectivity index is 2.05. The largest absolute Gasteiger partial charge is 0.391 e. The third-order valence-electron chi connectivity index (χ3n) is 3.17. The number of alkyl halides is 1. The zero-order valence-corrected chi connectivity index (χ0v) is 7.93. The first-order valence-corrected chi connectivity index (χ1v) is 5.28. The van der Waals surface area contributed by atoms with Gasteiger partial charge in [-0.05, 0) is 38.1 Å². The molecule has 2 aliphatic rings. The molecule has 1 saturated heterocycles. The Morgan fingerprint density at radius 2 is 2.08 bits per heavy atom. The monoisotopic (exact) mass is 189 g/mol. The Morgan fingerprint density at radius 3 is 2.83 bits per heavy atom. The summed E-state index contributed by atoms with van der Waals surface area (Å²) in [4.78, 5) is 0. The third-order valence-corrected chi connectivity index (χ3v) is 3.71. The van der Waals surface area contributed by atoms with Gasteiger partial charge in [0.25, 0.3) is 0 Å². The molecule has 12 heavy (non-hydrogen) atoms. The number of halogens is 1. The van der Waals surface area contributed by atoms with Crippen LogP contribution in [0.5, 0.6) is 0 Å². The molecule has 0 spiro atoms. The predicted octanol–water partition coefficient (Wildman–Crippen LogP) is 1.12. The maximum atomic E-state index is 9.70. The lowest BCUT2D eigenvalue weighted by molar-refractivity contribution is 0.0446. The van der Waals surface area contributed by atoms with Crippen LogP contribution in [0.15, 0.2) is 0 Å². The summed E-state index contributed by atoms with van der Waals surface area (Å²) in [5.41, 5.74) is 0. The molecule has 0 amide bonds. The van der Waals surface area contributed by atoms with E-state index in [1.807, 2.05) is 0 Å². The van der Waals surface area contributed by atoms with E-state index in [-0.39, 0.29) is 17.5 Å².